The van der Waals surface area contributed by atoms with Crippen molar-refractivity contribution >= 4 is 18.1 Å². The zero-order valence-corrected chi connectivity index (χ0v) is 7.97. The standard InChI is InChI=1S/C11H10O4/c12-10-6-4-7-1-2-8(11(13)14)3-5-9(7)15-10/h1,4-6,8H,2-3H2,(H,13,14). The fourth-order valence-corrected chi connectivity index (χ4v) is 1.59. The minimum absolute atomic E-state index is 0.395. The average molecular weight is 206 g/mol. The van der Waals surface area contributed by atoms with Crippen LogP contribution in [-0.4, -0.2) is 11.1 Å². The fraction of sp³-hybridized carbons (Fsp3) is 0.273. The highest BCUT2D eigenvalue weighted by Crippen LogP contribution is 2.11. The van der Waals surface area contributed by atoms with E-state index < -0.39 is 17.5 Å². The average Bonchev–Trinajstić information content (AvgIpc) is 2.39. The molecule has 2 rings (SSSR count). The monoisotopic (exact) mass is 206 g/mol. The van der Waals surface area contributed by atoms with Gasteiger partial charge < -0.3 is 9.52 Å². The molecule has 0 saturated carbocycles. The Morgan fingerprint density at radius 1 is 1.33 bits per heavy atom. The van der Waals surface area contributed by atoms with Crippen LogP contribution in [0.5, 0.6) is 0 Å². The topological polar surface area (TPSA) is 67.5 Å². The second kappa shape index (κ2) is 3.73. The summed E-state index contributed by atoms with van der Waals surface area (Å²) < 4.78 is 4.97. The maximum atomic E-state index is 11.0. The van der Waals surface area contributed by atoms with Crippen LogP contribution in [0.1, 0.15) is 12.8 Å². The molecule has 1 atom stereocenters. The van der Waals surface area contributed by atoms with Gasteiger partial charge >= 0.3 is 11.6 Å². The maximum absolute atomic E-state index is 11.0. The summed E-state index contributed by atoms with van der Waals surface area (Å²) in [5.41, 5.74) is 0.0680. The van der Waals surface area contributed by atoms with Crippen LogP contribution in [0.4, 0.5) is 0 Å². The van der Waals surface area contributed by atoms with Crippen LogP contribution in [0, 0.1) is 5.92 Å². The zero-order valence-electron chi connectivity index (χ0n) is 7.97. The van der Waals surface area contributed by atoms with Gasteiger partial charge in [0, 0.05) is 11.3 Å². The number of carboxylic acid groups (broad SMARTS) is 1. The number of aliphatic carboxylic acids is 1. The van der Waals surface area contributed by atoms with Crippen LogP contribution in [0.2, 0.25) is 0 Å². The van der Waals surface area contributed by atoms with Crippen molar-refractivity contribution in [1.82, 2.24) is 0 Å². The highest BCUT2D eigenvalue weighted by Gasteiger charge is 2.16. The van der Waals surface area contributed by atoms with E-state index >= 15 is 0 Å². The molecule has 1 aliphatic carbocycles. The molecule has 0 bridgehead atoms. The molecule has 0 radical (unpaired) electrons. The lowest BCUT2D eigenvalue weighted by Gasteiger charge is -2.03. The predicted molar refractivity (Wildman–Crippen MR) is 53.5 cm³/mol. The smallest absolute Gasteiger partial charge is 0.336 e. The second-order valence-corrected chi connectivity index (χ2v) is 3.49. The Hall–Kier alpha value is -1.84. The first-order valence-electron chi connectivity index (χ1n) is 4.70. The fourth-order valence-electron chi connectivity index (χ4n) is 1.59. The molecule has 0 spiro atoms. The van der Waals surface area contributed by atoms with Crippen molar-refractivity contribution in [3.05, 3.63) is 33.2 Å². The van der Waals surface area contributed by atoms with Crippen LogP contribution >= 0.6 is 0 Å². The Kier molecular flexibility index (Phi) is 2.41. The molecule has 1 unspecified atom stereocenters. The first-order valence-corrected chi connectivity index (χ1v) is 4.70. The molecule has 1 aromatic heterocycles. The molecule has 4 heteroatoms. The van der Waals surface area contributed by atoms with Gasteiger partial charge in [0.15, 0.2) is 0 Å². The molecule has 0 amide bonds. The number of carbonyl (C=O) groups is 1. The summed E-state index contributed by atoms with van der Waals surface area (Å²) in [6, 6.07) is 2.99. The second-order valence-electron chi connectivity index (χ2n) is 3.49. The lowest BCUT2D eigenvalue weighted by Crippen LogP contribution is -2.27. The van der Waals surface area contributed by atoms with E-state index in [0.29, 0.717) is 18.3 Å². The van der Waals surface area contributed by atoms with Gasteiger partial charge in [-0.1, -0.05) is 6.08 Å². The highest BCUT2D eigenvalue weighted by molar-refractivity contribution is 5.72. The van der Waals surface area contributed by atoms with Gasteiger partial charge in [-0.25, -0.2) is 4.79 Å². The van der Waals surface area contributed by atoms with Gasteiger partial charge in [0.05, 0.1) is 5.92 Å². The molecular formula is C11H10O4. The molecule has 0 fully saturated rings. The number of carboxylic acids is 1. The van der Waals surface area contributed by atoms with E-state index in [2.05, 4.69) is 0 Å². The Balaban J connectivity index is 2.52. The first kappa shape index (κ1) is 9.71. The van der Waals surface area contributed by atoms with Crippen LogP contribution in [0.15, 0.2) is 21.3 Å². The molecule has 1 aromatic rings. The number of fused-ring (bicyclic) bond motifs is 1. The zero-order chi connectivity index (χ0) is 10.8. The van der Waals surface area contributed by atoms with Crippen LogP contribution < -0.4 is 16.3 Å². The Morgan fingerprint density at radius 2 is 2.07 bits per heavy atom. The summed E-state index contributed by atoms with van der Waals surface area (Å²) >= 11 is 0. The van der Waals surface area contributed by atoms with Crippen molar-refractivity contribution in [3.8, 4) is 0 Å². The first-order chi connectivity index (χ1) is 7.16. The third-order valence-corrected chi connectivity index (χ3v) is 2.45. The molecule has 0 aliphatic heterocycles. The summed E-state index contributed by atoms with van der Waals surface area (Å²) in [6.45, 7) is 0. The van der Waals surface area contributed by atoms with Gasteiger partial charge in [0.1, 0.15) is 5.42 Å². The van der Waals surface area contributed by atoms with E-state index in [0.717, 1.165) is 5.22 Å². The third-order valence-electron chi connectivity index (χ3n) is 2.45. The van der Waals surface area contributed by atoms with Gasteiger partial charge in [-0.3, -0.25) is 4.79 Å². The molecule has 1 N–H and O–H groups in total. The predicted octanol–water partition coefficient (Wildman–Crippen LogP) is -0.305. The van der Waals surface area contributed by atoms with Crippen LogP contribution in [0.3, 0.4) is 0 Å². The highest BCUT2D eigenvalue weighted by atomic mass is 16.4. The lowest BCUT2D eigenvalue weighted by atomic mass is 10.0. The summed E-state index contributed by atoms with van der Waals surface area (Å²) in [4.78, 5) is 21.7. The molecular weight excluding hydrogens is 196 g/mol. The van der Waals surface area contributed by atoms with E-state index in [1.165, 1.54) is 6.07 Å². The Bertz CT molecular complexity index is 553. The van der Waals surface area contributed by atoms with Crippen LogP contribution in [-0.2, 0) is 4.79 Å². The maximum Gasteiger partial charge on any atom is 0.336 e. The van der Waals surface area contributed by atoms with Gasteiger partial charge in [0.25, 0.3) is 0 Å². The number of rotatable bonds is 1. The molecule has 1 heterocycles. The van der Waals surface area contributed by atoms with Crippen molar-refractivity contribution in [2.75, 3.05) is 0 Å². The lowest BCUT2D eigenvalue weighted by molar-refractivity contribution is -0.141. The van der Waals surface area contributed by atoms with Gasteiger partial charge in [-0.2, -0.15) is 0 Å². The minimum Gasteiger partial charge on any atom is -0.481 e. The molecule has 0 saturated heterocycles. The summed E-state index contributed by atoms with van der Waals surface area (Å²) in [5.74, 6) is -1.25. The SMILES string of the molecule is O=C(O)C1CC=c2ccc(=O)oc2=CC1. The normalized spacial score (nSPS) is 19.3. The quantitative estimate of drug-likeness (QED) is 0.684. The minimum atomic E-state index is -0.822. The van der Waals surface area contributed by atoms with E-state index in [4.69, 9.17) is 9.52 Å². The van der Waals surface area contributed by atoms with Crippen molar-refractivity contribution < 1.29 is 14.3 Å². The van der Waals surface area contributed by atoms with Gasteiger partial charge in [-0.05, 0) is 25.0 Å². The Morgan fingerprint density at radius 3 is 2.80 bits per heavy atom. The van der Waals surface area contributed by atoms with Gasteiger partial charge in [0.2, 0.25) is 0 Å². The Labute approximate surface area is 85.2 Å². The van der Waals surface area contributed by atoms with E-state index in [-0.39, 0.29) is 0 Å². The van der Waals surface area contributed by atoms with E-state index in [9.17, 15) is 9.59 Å². The summed E-state index contributed by atoms with van der Waals surface area (Å²) in [5, 5.41) is 9.65. The van der Waals surface area contributed by atoms with Crippen LogP contribution in [0.25, 0.3) is 12.2 Å². The summed E-state index contributed by atoms with van der Waals surface area (Å²) in [7, 11) is 0. The number of hydrogen-bond acceptors (Lipinski definition) is 3. The van der Waals surface area contributed by atoms with Crippen molar-refractivity contribution in [2.45, 2.75) is 12.8 Å². The summed E-state index contributed by atoms with van der Waals surface area (Å²) in [6.07, 6.45) is 4.32. The molecule has 4 nitrogen and oxygen atoms in total. The van der Waals surface area contributed by atoms with E-state index in [1.54, 1.807) is 18.2 Å². The van der Waals surface area contributed by atoms with Crippen molar-refractivity contribution in [2.24, 2.45) is 5.92 Å². The van der Waals surface area contributed by atoms with E-state index in [1.807, 2.05) is 0 Å². The van der Waals surface area contributed by atoms with Crippen molar-refractivity contribution in [3.63, 3.8) is 0 Å². The molecule has 15 heavy (non-hydrogen) atoms. The number of hydrogen-bond donors (Lipinski definition) is 1. The molecule has 1 aliphatic rings. The largest absolute Gasteiger partial charge is 0.481 e. The van der Waals surface area contributed by atoms with Crippen molar-refractivity contribution in [1.29, 1.82) is 0 Å². The molecule has 0 aromatic carbocycles. The third kappa shape index (κ3) is 1.98. The molecule has 78 valence electrons. The van der Waals surface area contributed by atoms with Gasteiger partial charge in [-0.15, -0.1) is 0 Å².